The molecule has 0 aromatic heterocycles. The van der Waals surface area contributed by atoms with E-state index in [1.54, 1.807) is 12.1 Å². The van der Waals surface area contributed by atoms with Crippen molar-refractivity contribution in [2.45, 2.75) is 45.4 Å². The second kappa shape index (κ2) is 7.56. The van der Waals surface area contributed by atoms with Gasteiger partial charge in [0.2, 0.25) is 5.91 Å². The molecule has 0 heterocycles. The summed E-state index contributed by atoms with van der Waals surface area (Å²) in [6.45, 7) is 1.94. The van der Waals surface area contributed by atoms with Gasteiger partial charge >= 0.3 is 0 Å². The van der Waals surface area contributed by atoms with Gasteiger partial charge in [-0.1, -0.05) is 6.92 Å². The Hall–Kier alpha value is -2.63. The number of anilines is 1. The van der Waals surface area contributed by atoms with E-state index in [1.807, 2.05) is 6.92 Å². The molecule has 3 aliphatic carbocycles. The molecule has 0 saturated heterocycles. The predicted octanol–water partition coefficient (Wildman–Crippen LogP) is 5.90. The minimum absolute atomic E-state index is 0.0220. The monoisotopic (exact) mass is 415 g/mol. The van der Waals surface area contributed by atoms with Crippen LogP contribution in [0.2, 0.25) is 0 Å². The molecule has 2 aromatic rings. The standard InChI is InChI=1S/C24H24F3NO2/c1-15(22(30)28-18-7-5-17(25)6-8-18)24-12-23(13-24,14-24)10-2-3-21(29)16-4-9-19(26)20(27)11-16/h4-9,11,15H,2-3,10,12-14H2,1H3,(H,28,30)/t15-,23?,24?/m1/s1. The minimum atomic E-state index is -1.00. The Bertz CT molecular complexity index is 967. The number of carbonyl (C=O) groups is 2. The van der Waals surface area contributed by atoms with E-state index in [0.29, 0.717) is 18.5 Å². The maximum Gasteiger partial charge on any atom is 0.227 e. The van der Waals surface area contributed by atoms with Crippen molar-refractivity contribution >= 4 is 17.4 Å². The van der Waals surface area contributed by atoms with Gasteiger partial charge in [0.05, 0.1) is 0 Å². The smallest absolute Gasteiger partial charge is 0.227 e. The summed E-state index contributed by atoms with van der Waals surface area (Å²) in [5.41, 5.74) is 1.02. The van der Waals surface area contributed by atoms with Crippen molar-refractivity contribution in [3.8, 4) is 0 Å². The highest BCUT2D eigenvalue weighted by Gasteiger charge is 2.69. The third-order valence-corrected chi connectivity index (χ3v) is 6.96. The van der Waals surface area contributed by atoms with Gasteiger partial charge in [-0.05, 0) is 85.4 Å². The van der Waals surface area contributed by atoms with Crippen LogP contribution in [0.5, 0.6) is 0 Å². The van der Waals surface area contributed by atoms with Crippen LogP contribution in [-0.4, -0.2) is 11.7 Å². The average molecular weight is 415 g/mol. The topological polar surface area (TPSA) is 46.2 Å². The summed E-state index contributed by atoms with van der Waals surface area (Å²) in [5, 5.41) is 2.86. The summed E-state index contributed by atoms with van der Waals surface area (Å²) in [7, 11) is 0. The normalized spacial score (nSPS) is 25.1. The van der Waals surface area contributed by atoms with E-state index >= 15 is 0 Å². The molecule has 5 rings (SSSR count). The highest BCUT2D eigenvalue weighted by molar-refractivity contribution is 5.96. The number of rotatable bonds is 8. The van der Waals surface area contributed by atoms with E-state index in [4.69, 9.17) is 0 Å². The third kappa shape index (κ3) is 3.75. The Morgan fingerprint density at radius 3 is 2.30 bits per heavy atom. The van der Waals surface area contributed by atoms with Crippen LogP contribution in [0.4, 0.5) is 18.9 Å². The molecule has 3 nitrogen and oxygen atoms in total. The second-order valence-electron chi connectivity index (χ2n) is 9.02. The largest absolute Gasteiger partial charge is 0.326 e. The van der Waals surface area contributed by atoms with Crippen molar-refractivity contribution in [3.05, 3.63) is 65.5 Å². The number of carbonyl (C=O) groups excluding carboxylic acids is 2. The lowest BCUT2D eigenvalue weighted by Gasteiger charge is -2.73. The molecular weight excluding hydrogens is 391 g/mol. The van der Waals surface area contributed by atoms with E-state index in [-0.39, 0.29) is 39.8 Å². The van der Waals surface area contributed by atoms with Crippen molar-refractivity contribution in [1.29, 1.82) is 0 Å². The van der Waals surface area contributed by atoms with Gasteiger partial charge < -0.3 is 5.32 Å². The molecule has 2 bridgehead atoms. The molecule has 6 heteroatoms. The summed E-state index contributed by atoms with van der Waals surface area (Å²) in [6.07, 6.45) is 4.81. The Balaban J connectivity index is 1.23. The van der Waals surface area contributed by atoms with Gasteiger partial charge in [-0.15, -0.1) is 0 Å². The number of ketones is 1. The van der Waals surface area contributed by atoms with Crippen LogP contribution >= 0.6 is 0 Å². The van der Waals surface area contributed by atoms with E-state index < -0.39 is 11.6 Å². The highest BCUT2D eigenvalue weighted by Crippen LogP contribution is 2.77. The summed E-state index contributed by atoms with van der Waals surface area (Å²) >= 11 is 0. The Morgan fingerprint density at radius 1 is 1.00 bits per heavy atom. The molecule has 0 aliphatic heterocycles. The van der Waals surface area contributed by atoms with Crippen LogP contribution in [-0.2, 0) is 4.79 Å². The molecule has 1 amide bonds. The van der Waals surface area contributed by atoms with Gasteiger partial charge in [0.25, 0.3) is 0 Å². The first kappa shape index (κ1) is 20.6. The fourth-order valence-corrected chi connectivity index (χ4v) is 5.31. The summed E-state index contributed by atoms with van der Waals surface area (Å²) in [6, 6.07) is 8.98. The van der Waals surface area contributed by atoms with Crippen LogP contribution in [0.15, 0.2) is 42.5 Å². The number of nitrogens with one attached hydrogen (secondary N) is 1. The number of amides is 1. The van der Waals surface area contributed by atoms with E-state index in [2.05, 4.69) is 5.32 Å². The number of hydrogen-bond acceptors (Lipinski definition) is 2. The predicted molar refractivity (Wildman–Crippen MR) is 107 cm³/mol. The van der Waals surface area contributed by atoms with Gasteiger partial charge in [0, 0.05) is 23.6 Å². The molecule has 0 radical (unpaired) electrons. The van der Waals surface area contributed by atoms with E-state index in [1.165, 1.54) is 18.2 Å². The lowest BCUT2D eigenvalue weighted by molar-refractivity contribution is -0.232. The molecular formula is C24H24F3NO2. The molecule has 30 heavy (non-hydrogen) atoms. The lowest BCUT2D eigenvalue weighted by Crippen LogP contribution is -2.65. The average Bonchev–Trinajstić information content (AvgIpc) is 2.66. The maximum atomic E-state index is 13.3. The van der Waals surface area contributed by atoms with Crippen molar-refractivity contribution in [2.24, 2.45) is 16.7 Å². The Kier molecular flexibility index (Phi) is 5.20. The van der Waals surface area contributed by atoms with Gasteiger partial charge in [-0.2, -0.15) is 0 Å². The second-order valence-corrected chi connectivity index (χ2v) is 9.02. The van der Waals surface area contributed by atoms with Crippen molar-refractivity contribution < 1.29 is 22.8 Å². The van der Waals surface area contributed by atoms with Crippen LogP contribution in [0.25, 0.3) is 0 Å². The van der Waals surface area contributed by atoms with Crippen molar-refractivity contribution in [1.82, 2.24) is 0 Å². The van der Waals surface area contributed by atoms with Gasteiger partial charge in [0.1, 0.15) is 5.82 Å². The lowest BCUT2D eigenvalue weighted by atomic mass is 9.31. The Labute approximate surface area is 173 Å². The summed E-state index contributed by atoms with van der Waals surface area (Å²) in [5.74, 6) is -2.66. The number of Topliss-reactive ketones (excluding diaryl/α,β-unsaturated/α-hetero) is 1. The first-order valence-electron chi connectivity index (χ1n) is 10.3. The number of halogens is 3. The zero-order valence-corrected chi connectivity index (χ0v) is 16.8. The molecule has 1 N–H and O–H groups in total. The van der Waals surface area contributed by atoms with Gasteiger partial charge in [-0.25, -0.2) is 13.2 Å². The van der Waals surface area contributed by atoms with Crippen LogP contribution < -0.4 is 5.32 Å². The molecule has 1 atom stereocenters. The quantitative estimate of drug-likeness (QED) is 0.546. The van der Waals surface area contributed by atoms with Crippen molar-refractivity contribution in [2.75, 3.05) is 5.32 Å². The van der Waals surface area contributed by atoms with Crippen LogP contribution in [0.1, 0.15) is 55.8 Å². The molecule has 3 fully saturated rings. The first-order valence-corrected chi connectivity index (χ1v) is 10.3. The molecule has 3 saturated carbocycles. The molecule has 3 aliphatic rings. The SMILES string of the molecule is C[C@H](C(=O)Nc1ccc(F)cc1)C12CC(CCCC(=O)c3ccc(F)c(F)c3)(C1)C2. The van der Waals surface area contributed by atoms with E-state index in [0.717, 1.165) is 37.8 Å². The van der Waals surface area contributed by atoms with Crippen LogP contribution in [0.3, 0.4) is 0 Å². The van der Waals surface area contributed by atoms with E-state index in [9.17, 15) is 22.8 Å². The van der Waals surface area contributed by atoms with Gasteiger partial charge in [-0.3, -0.25) is 9.59 Å². The fourth-order valence-electron chi connectivity index (χ4n) is 5.31. The first-order chi connectivity index (χ1) is 14.2. The molecule has 158 valence electrons. The van der Waals surface area contributed by atoms with Crippen molar-refractivity contribution in [3.63, 3.8) is 0 Å². The highest BCUT2D eigenvalue weighted by atomic mass is 19.2. The molecule has 0 spiro atoms. The minimum Gasteiger partial charge on any atom is -0.326 e. The number of hydrogen-bond donors (Lipinski definition) is 1. The fraction of sp³-hybridized carbons (Fsp3) is 0.417. The van der Waals surface area contributed by atoms with Gasteiger partial charge in [0.15, 0.2) is 17.4 Å². The Morgan fingerprint density at radius 2 is 1.67 bits per heavy atom. The zero-order valence-electron chi connectivity index (χ0n) is 16.8. The summed E-state index contributed by atoms with van der Waals surface area (Å²) in [4.78, 5) is 24.8. The summed E-state index contributed by atoms with van der Waals surface area (Å²) < 4.78 is 39.3. The molecule has 2 aromatic carbocycles. The zero-order chi connectivity index (χ0) is 21.5. The molecule has 0 unspecified atom stereocenters. The third-order valence-electron chi connectivity index (χ3n) is 6.96. The van der Waals surface area contributed by atoms with Crippen LogP contribution in [0, 0.1) is 34.2 Å². The maximum absolute atomic E-state index is 13.3. The number of benzene rings is 2.